The van der Waals surface area contributed by atoms with Gasteiger partial charge in [0.25, 0.3) is 0 Å². The summed E-state index contributed by atoms with van der Waals surface area (Å²) in [6.07, 6.45) is 0. The molecule has 0 amide bonds. The Morgan fingerprint density at radius 3 is 2.18 bits per heavy atom. The molecule has 0 spiro atoms. The van der Waals surface area contributed by atoms with Gasteiger partial charge in [-0.05, 0) is 32.9 Å². The van der Waals surface area contributed by atoms with Crippen molar-refractivity contribution in [3.05, 3.63) is 54.6 Å². The van der Waals surface area contributed by atoms with Crippen LogP contribution < -0.4 is 20.1 Å². The fraction of sp³-hybridized carbons (Fsp3) is 0.273. The number of rotatable bonds is 6. The molecule has 1 heterocycles. The van der Waals surface area contributed by atoms with Gasteiger partial charge in [-0.3, -0.25) is 0 Å². The maximum Gasteiger partial charge on any atom is 0.163 e. The third-order valence-electron chi connectivity index (χ3n) is 3.93. The first kappa shape index (κ1) is 19.5. The molecule has 1 aromatic heterocycles. The molecular formula is C22H26N4O2. The first-order chi connectivity index (χ1) is 13.4. The third-order valence-corrected chi connectivity index (χ3v) is 3.93. The summed E-state index contributed by atoms with van der Waals surface area (Å²) >= 11 is 0. The molecule has 3 rings (SSSR count). The zero-order valence-electron chi connectivity index (χ0n) is 16.9. The van der Waals surface area contributed by atoms with Crippen molar-refractivity contribution >= 4 is 17.3 Å². The zero-order chi connectivity index (χ0) is 20.1. The smallest absolute Gasteiger partial charge is 0.163 e. The Hall–Kier alpha value is -3.28. The molecule has 146 valence electrons. The van der Waals surface area contributed by atoms with Gasteiger partial charge >= 0.3 is 0 Å². The Balaban J connectivity index is 2.01. The van der Waals surface area contributed by atoms with E-state index in [0.717, 1.165) is 22.8 Å². The van der Waals surface area contributed by atoms with E-state index in [2.05, 4.69) is 36.4 Å². The number of ether oxygens (including phenoxy) is 2. The van der Waals surface area contributed by atoms with Gasteiger partial charge in [0.1, 0.15) is 23.1 Å². The predicted molar refractivity (Wildman–Crippen MR) is 114 cm³/mol. The summed E-state index contributed by atoms with van der Waals surface area (Å²) in [5.41, 5.74) is 1.62. The summed E-state index contributed by atoms with van der Waals surface area (Å²) in [7, 11) is 3.25. The summed E-state index contributed by atoms with van der Waals surface area (Å²) in [5, 5.41) is 6.76. The normalized spacial score (nSPS) is 11.0. The quantitative estimate of drug-likeness (QED) is 0.621. The van der Waals surface area contributed by atoms with Crippen LogP contribution in [0.1, 0.15) is 20.8 Å². The summed E-state index contributed by atoms with van der Waals surface area (Å²) < 4.78 is 10.8. The Morgan fingerprint density at radius 1 is 0.821 bits per heavy atom. The first-order valence-electron chi connectivity index (χ1n) is 9.10. The lowest BCUT2D eigenvalue weighted by Crippen LogP contribution is -2.26. The number of anilines is 3. The van der Waals surface area contributed by atoms with Gasteiger partial charge in [-0.25, -0.2) is 9.97 Å². The second-order valence-electron chi connectivity index (χ2n) is 7.39. The van der Waals surface area contributed by atoms with Crippen LogP contribution in [0.4, 0.5) is 17.3 Å². The van der Waals surface area contributed by atoms with Gasteiger partial charge in [0, 0.05) is 23.2 Å². The molecule has 6 nitrogen and oxygen atoms in total. The van der Waals surface area contributed by atoms with Gasteiger partial charge in [-0.15, -0.1) is 0 Å². The van der Waals surface area contributed by atoms with Crippen molar-refractivity contribution in [1.82, 2.24) is 9.97 Å². The maximum absolute atomic E-state index is 5.48. The highest BCUT2D eigenvalue weighted by Crippen LogP contribution is 2.32. The fourth-order valence-corrected chi connectivity index (χ4v) is 2.72. The molecule has 0 bridgehead atoms. The lowest BCUT2D eigenvalue weighted by atomic mass is 10.1. The van der Waals surface area contributed by atoms with Crippen molar-refractivity contribution in [2.75, 3.05) is 24.9 Å². The molecule has 0 saturated carbocycles. The van der Waals surface area contributed by atoms with Gasteiger partial charge in [0.2, 0.25) is 0 Å². The average molecular weight is 378 g/mol. The molecule has 0 aliphatic carbocycles. The molecule has 0 atom stereocenters. The van der Waals surface area contributed by atoms with Gasteiger partial charge in [-0.1, -0.05) is 30.3 Å². The van der Waals surface area contributed by atoms with Gasteiger partial charge in [0.05, 0.1) is 19.9 Å². The molecule has 28 heavy (non-hydrogen) atoms. The van der Waals surface area contributed by atoms with Crippen LogP contribution in [0.2, 0.25) is 0 Å². The molecule has 0 unspecified atom stereocenters. The lowest BCUT2D eigenvalue weighted by molar-refractivity contribution is 0.395. The van der Waals surface area contributed by atoms with Crippen molar-refractivity contribution < 1.29 is 9.47 Å². The van der Waals surface area contributed by atoms with E-state index in [1.807, 2.05) is 54.6 Å². The number of benzene rings is 2. The minimum absolute atomic E-state index is 0.128. The van der Waals surface area contributed by atoms with Crippen molar-refractivity contribution in [3.8, 4) is 22.9 Å². The van der Waals surface area contributed by atoms with Crippen molar-refractivity contribution in [2.45, 2.75) is 26.3 Å². The highest BCUT2D eigenvalue weighted by Gasteiger charge is 2.14. The number of hydrogen-bond donors (Lipinski definition) is 2. The van der Waals surface area contributed by atoms with E-state index in [0.29, 0.717) is 17.4 Å². The van der Waals surface area contributed by atoms with Gasteiger partial charge in [-0.2, -0.15) is 0 Å². The molecule has 0 fully saturated rings. The predicted octanol–water partition coefficient (Wildman–Crippen LogP) is 5.11. The molecule has 0 radical (unpaired) electrons. The van der Waals surface area contributed by atoms with Crippen LogP contribution in [-0.2, 0) is 0 Å². The van der Waals surface area contributed by atoms with Crippen LogP contribution in [0.5, 0.6) is 11.5 Å². The Labute approximate surface area is 166 Å². The largest absolute Gasteiger partial charge is 0.497 e. The maximum atomic E-state index is 5.48. The topological polar surface area (TPSA) is 68.3 Å². The summed E-state index contributed by atoms with van der Waals surface area (Å²) in [5.74, 6) is 3.46. The molecule has 0 aliphatic heterocycles. The van der Waals surface area contributed by atoms with Crippen LogP contribution in [0.15, 0.2) is 54.6 Å². The van der Waals surface area contributed by atoms with E-state index >= 15 is 0 Å². The SMILES string of the molecule is COc1ccc(Nc2cc(NC(C)(C)C)nc(-c3ccccc3)n2)c(OC)c1. The number of nitrogens with one attached hydrogen (secondary N) is 2. The van der Waals surface area contributed by atoms with Crippen molar-refractivity contribution in [3.63, 3.8) is 0 Å². The van der Waals surface area contributed by atoms with Crippen LogP contribution >= 0.6 is 0 Å². The zero-order valence-corrected chi connectivity index (χ0v) is 16.9. The average Bonchev–Trinajstić information content (AvgIpc) is 2.67. The molecule has 0 saturated heterocycles. The minimum atomic E-state index is -0.128. The summed E-state index contributed by atoms with van der Waals surface area (Å²) in [4.78, 5) is 9.39. The number of nitrogens with zero attached hydrogens (tertiary/aromatic N) is 2. The summed E-state index contributed by atoms with van der Waals surface area (Å²) in [6.45, 7) is 6.28. The van der Waals surface area contributed by atoms with E-state index in [1.54, 1.807) is 14.2 Å². The Kier molecular flexibility index (Phi) is 5.68. The standard InChI is InChI=1S/C22H26N4O2/c1-22(2,3)26-20-14-19(24-21(25-20)15-9-7-6-8-10-15)23-17-12-11-16(27-4)13-18(17)28-5/h6-14H,1-5H3,(H2,23,24,25,26). The molecule has 3 aromatic rings. The highest BCUT2D eigenvalue weighted by atomic mass is 16.5. The third kappa shape index (κ3) is 4.91. The highest BCUT2D eigenvalue weighted by molar-refractivity contribution is 5.69. The molecule has 2 N–H and O–H groups in total. The van der Waals surface area contributed by atoms with E-state index in [9.17, 15) is 0 Å². The van der Waals surface area contributed by atoms with E-state index in [4.69, 9.17) is 14.5 Å². The van der Waals surface area contributed by atoms with E-state index in [1.165, 1.54) is 0 Å². The lowest BCUT2D eigenvalue weighted by Gasteiger charge is -2.22. The number of hydrogen-bond acceptors (Lipinski definition) is 6. The van der Waals surface area contributed by atoms with Gasteiger partial charge < -0.3 is 20.1 Å². The molecular weight excluding hydrogens is 352 g/mol. The second-order valence-corrected chi connectivity index (χ2v) is 7.39. The van der Waals surface area contributed by atoms with E-state index < -0.39 is 0 Å². The minimum Gasteiger partial charge on any atom is -0.497 e. The Morgan fingerprint density at radius 2 is 1.54 bits per heavy atom. The molecule has 2 aromatic carbocycles. The summed E-state index contributed by atoms with van der Waals surface area (Å²) in [6, 6.07) is 17.4. The van der Waals surface area contributed by atoms with Crippen molar-refractivity contribution in [1.29, 1.82) is 0 Å². The van der Waals surface area contributed by atoms with Crippen LogP contribution in [-0.4, -0.2) is 29.7 Å². The Bertz CT molecular complexity index is 937. The number of methoxy groups -OCH3 is 2. The second kappa shape index (κ2) is 8.17. The van der Waals surface area contributed by atoms with Crippen molar-refractivity contribution in [2.24, 2.45) is 0 Å². The monoisotopic (exact) mass is 378 g/mol. The number of aromatic nitrogens is 2. The van der Waals surface area contributed by atoms with Crippen LogP contribution in [0.25, 0.3) is 11.4 Å². The molecule has 0 aliphatic rings. The molecule has 6 heteroatoms. The van der Waals surface area contributed by atoms with Crippen LogP contribution in [0, 0.1) is 0 Å². The van der Waals surface area contributed by atoms with Crippen LogP contribution in [0.3, 0.4) is 0 Å². The van der Waals surface area contributed by atoms with Gasteiger partial charge in [0.15, 0.2) is 5.82 Å². The van der Waals surface area contributed by atoms with E-state index in [-0.39, 0.29) is 5.54 Å². The fourth-order valence-electron chi connectivity index (χ4n) is 2.72. The first-order valence-corrected chi connectivity index (χ1v) is 9.10.